The van der Waals surface area contributed by atoms with Crippen molar-refractivity contribution in [3.63, 3.8) is 0 Å². The Morgan fingerprint density at radius 2 is 2.43 bits per heavy atom. The lowest BCUT2D eigenvalue weighted by molar-refractivity contribution is -0.118. The average Bonchev–Trinajstić information content (AvgIpc) is 2.81. The molecule has 1 heterocycles. The second-order valence-electron chi connectivity index (χ2n) is 3.39. The predicted octanol–water partition coefficient (Wildman–Crippen LogP) is 0.414. The number of thiocarbonyl (C=S) groups is 1. The Hall–Kier alpha value is -1.43. The molecule has 14 heavy (non-hydrogen) atoms. The molecule has 0 unspecified atom stereocenters. The number of H-pyrrole nitrogens is 1. The van der Waals surface area contributed by atoms with Crippen molar-refractivity contribution in [2.75, 3.05) is 5.32 Å². The van der Waals surface area contributed by atoms with E-state index in [1.54, 1.807) is 6.20 Å². The molecule has 6 heteroatoms. The van der Waals surface area contributed by atoms with Crippen molar-refractivity contribution >= 4 is 28.8 Å². The molecule has 0 saturated heterocycles. The molecular weight excluding hydrogens is 200 g/mol. The first kappa shape index (κ1) is 9.14. The van der Waals surface area contributed by atoms with E-state index in [-0.39, 0.29) is 10.9 Å². The predicted molar refractivity (Wildman–Crippen MR) is 55.7 cm³/mol. The first-order valence-electron chi connectivity index (χ1n) is 4.25. The van der Waals surface area contributed by atoms with Crippen molar-refractivity contribution in [3.05, 3.63) is 12.4 Å². The molecular formula is C8H10N4OS. The van der Waals surface area contributed by atoms with Gasteiger partial charge in [-0.15, -0.1) is 0 Å². The normalized spacial score (nSPS) is 17.4. The molecule has 1 aromatic rings. The monoisotopic (exact) mass is 210 g/mol. The molecule has 1 fully saturated rings. The molecule has 4 N–H and O–H groups in total. The number of carbonyl (C=O) groups excluding carboxylic acids is 1. The molecule has 1 amide bonds. The van der Waals surface area contributed by atoms with Crippen LogP contribution in [0.1, 0.15) is 12.8 Å². The van der Waals surface area contributed by atoms with Crippen LogP contribution in [0.4, 0.5) is 5.69 Å². The zero-order chi connectivity index (χ0) is 10.2. The summed E-state index contributed by atoms with van der Waals surface area (Å²) in [5, 5.41) is 9.03. The Kier molecular flexibility index (Phi) is 1.99. The SMILES string of the molecule is NC(=S)C1(C(=O)Nc2cn[nH]c2)CC1. The number of nitrogens with two attached hydrogens (primary N) is 1. The van der Waals surface area contributed by atoms with Crippen molar-refractivity contribution in [2.24, 2.45) is 11.1 Å². The smallest absolute Gasteiger partial charge is 0.237 e. The summed E-state index contributed by atoms with van der Waals surface area (Å²) in [5.74, 6) is -0.133. The lowest BCUT2D eigenvalue weighted by atomic mass is 10.1. The summed E-state index contributed by atoms with van der Waals surface area (Å²) in [5.41, 5.74) is 5.54. The van der Waals surface area contributed by atoms with E-state index >= 15 is 0 Å². The van der Waals surface area contributed by atoms with E-state index < -0.39 is 5.41 Å². The third-order valence-electron chi connectivity index (χ3n) is 2.41. The first-order valence-corrected chi connectivity index (χ1v) is 4.66. The van der Waals surface area contributed by atoms with Gasteiger partial charge in [0.25, 0.3) is 0 Å². The highest BCUT2D eigenvalue weighted by molar-refractivity contribution is 7.80. The molecule has 0 aromatic carbocycles. The van der Waals surface area contributed by atoms with Crippen LogP contribution in [0.2, 0.25) is 0 Å². The third-order valence-corrected chi connectivity index (χ3v) is 2.80. The van der Waals surface area contributed by atoms with E-state index in [0.717, 1.165) is 12.8 Å². The molecule has 74 valence electrons. The van der Waals surface area contributed by atoms with Gasteiger partial charge in [-0.05, 0) is 12.8 Å². The van der Waals surface area contributed by atoms with Gasteiger partial charge in [-0.1, -0.05) is 12.2 Å². The highest BCUT2D eigenvalue weighted by atomic mass is 32.1. The Bertz CT molecular complexity index is 369. The van der Waals surface area contributed by atoms with Gasteiger partial charge in [0.15, 0.2) is 0 Å². The highest BCUT2D eigenvalue weighted by Crippen LogP contribution is 2.46. The Morgan fingerprint density at radius 1 is 1.71 bits per heavy atom. The highest BCUT2D eigenvalue weighted by Gasteiger charge is 2.52. The lowest BCUT2D eigenvalue weighted by Gasteiger charge is -2.11. The zero-order valence-electron chi connectivity index (χ0n) is 7.41. The zero-order valence-corrected chi connectivity index (χ0v) is 8.23. The fraction of sp³-hybridized carbons (Fsp3) is 0.375. The molecule has 2 rings (SSSR count). The van der Waals surface area contributed by atoms with Crippen LogP contribution in [0.3, 0.4) is 0 Å². The van der Waals surface area contributed by atoms with Crippen molar-refractivity contribution < 1.29 is 4.79 Å². The largest absolute Gasteiger partial charge is 0.392 e. The summed E-state index contributed by atoms with van der Waals surface area (Å²) in [6, 6.07) is 0. The van der Waals surface area contributed by atoms with Crippen LogP contribution in [0.15, 0.2) is 12.4 Å². The summed E-state index contributed by atoms with van der Waals surface area (Å²) in [6.45, 7) is 0. The fourth-order valence-corrected chi connectivity index (χ4v) is 1.58. The van der Waals surface area contributed by atoms with Gasteiger partial charge in [0.1, 0.15) is 0 Å². The molecule has 0 atom stereocenters. The number of amides is 1. The average molecular weight is 210 g/mol. The Labute approximate surface area is 86.1 Å². The van der Waals surface area contributed by atoms with Crippen molar-refractivity contribution in [2.45, 2.75) is 12.8 Å². The molecule has 1 saturated carbocycles. The number of anilines is 1. The summed E-state index contributed by atoms with van der Waals surface area (Å²) >= 11 is 4.86. The maximum atomic E-state index is 11.7. The minimum atomic E-state index is -0.605. The van der Waals surface area contributed by atoms with E-state index in [1.807, 2.05) is 0 Å². The number of nitrogens with zero attached hydrogens (tertiary/aromatic N) is 1. The Morgan fingerprint density at radius 3 is 2.86 bits per heavy atom. The summed E-state index contributed by atoms with van der Waals surface area (Å²) < 4.78 is 0. The fourth-order valence-electron chi connectivity index (χ4n) is 1.28. The number of rotatable bonds is 3. The van der Waals surface area contributed by atoms with Crippen LogP contribution in [-0.2, 0) is 4.79 Å². The third kappa shape index (κ3) is 1.37. The van der Waals surface area contributed by atoms with E-state index in [9.17, 15) is 4.79 Å². The van der Waals surface area contributed by atoms with Crippen LogP contribution >= 0.6 is 12.2 Å². The van der Waals surface area contributed by atoms with Crippen LogP contribution in [0, 0.1) is 5.41 Å². The van der Waals surface area contributed by atoms with Crippen molar-refractivity contribution in [3.8, 4) is 0 Å². The summed E-state index contributed by atoms with van der Waals surface area (Å²) in [4.78, 5) is 12.0. The van der Waals surface area contributed by atoms with Gasteiger partial charge in [-0.2, -0.15) is 5.10 Å². The molecule has 0 radical (unpaired) electrons. The molecule has 1 aliphatic carbocycles. The van der Waals surface area contributed by atoms with Crippen molar-refractivity contribution in [1.29, 1.82) is 0 Å². The molecule has 0 spiro atoms. The standard InChI is InChI=1S/C8H10N4OS/c9-6(14)8(1-2-8)7(13)12-5-3-10-11-4-5/h3-4H,1-2H2,(H2,9,14)(H,10,11)(H,12,13). The number of aromatic amines is 1. The topological polar surface area (TPSA) is 83.8 Å². The summed E-state index contributed by atoms with van der Waals surface area (Å²) in [7, 11) is 0. The van der Waals surface area contributed by atoms with Gasteiger partial charge in [-0.25, -0.2) is 0 Å². The first-order chi connectivity index (χ1) is 6.65. The maximum Gasteiger partial charge on any atom is 0.237 e. The van der Waals surface area contributed by atoms with Gasteiger partial charge in [0.2, 0.25) is 5.91 Å². The van der Waals surface area contributed by atoms with E-state index in [1.165, 1.54) is 6.20 Å². The number of carbonyl (C=O) groups is 1. The van der Waals surface area contributed by atoms with Crippen LogP contribution in [0.5, 0.6) is 0 Å². The van der Waals surface area contributed by atoms with Crippen LogP contribution in [-0.4, -0.2) is 21.1 Å². The lowest BCUT2D eigenvalue weighted by Crippen LogP contribution is -2.34. The molecule has 0 aliphatic heterocycles. The number of hydrogen-bond donors (Lipinski definition) is 3. The molecule has 1 aromatic heterocycles. The van der Waals surface area contributed by atoms with Gasteiger partial charge in [-0.3, -0.25) is 9.89 Å². The number of nitrogens with one attached hydrogen (secondary N) is 2. The van der Waals surface area contributed by atoms with Gasteiger partial charge < -0.3 is 11.1 Å². The Balaban J connectivity index is 2.07. The van der Waals surface area contributed by atoms with E-state index in [4.69, 9.17) is 18.0 Å². The van der Waals surface area contributed by atoms with Crippen LogP contribution < -0.4 is 11.1 Å². The molecule has 5 nitrogen and oxygen atoms in total. The molecule has 0 bridgehead atoms. The second-order valence-corrected chi connectivity index (χ2v) is 3.83. The van der Waals surface area contributed by atoms with E-state index in [2.05, 4.69) is 15.5 Å². The maximum absolute atomic E-state index is 11.7. The minimum Gasteiger partial charge on any atom is -0.392 e. The van der Waals surface area contributed by atoms with Gasteiger partial charge >= 0.3 is 0 Å². The minimum absolute atomic E-state index is 0.133. The van der Waals surface area contributed by atoms with Gasteiger partial charge in [0.05, 0.1) is 22.3 Å². The second kappa shape index (κ2) is 3.06. The molecule has 1 aliphatic rings. The van der Waals surface area contributed by atoms with Crippen molar-refractivity contribution in [1.82, 2.24) is 10.2 Å². The number of hydrogen-bond acceptors (Lipinski definition) is 3. The number of aromatic nitrogens is 2. The van der Waals surface area contributed by atoms with E-state index in [0.29, 0.717) is 5.69 Å². The van der Waals surface area contributed by atoms with Gasteiger partial charge in [0, 0.05) is 6.20 Å². The summed E-state index contributed by atoms with van der Waals surface area (Å²) in [6.07, 6.45) is 4.62. The quantitative estimate of drug-likeness (QED) is 0.631. The van der Waals surface area contributed by atoms with Crippen LogP contribution in [0.25, 0.3) is 0 Å².